The van der Waals surface area contributed by atoms with Crippen LogP contribution in [0.1, 0.15) is 67.1 Å². The van der Waals surface area contributed by atoms with Crippen LogP contribution in [-0.2, 0) is 16.8 Å². The van der Waals surface area contributed by atoms with Gasteiger partial charge >= 0.3 is 5.97 Å². The summed E-state index contributed by atoms with van der Waals surface area (Å²) >= 11 is 0. The lowest BCUT2D eigenvalue weighted by atomic mass is 9.84. The number of rotatable bonds is 12. The number of benzene rings is 2. The number of carbonyl (C=O) groups is 2. The Labute approximate surface area is 229 Å². The van der Waals surface area contributed by atoms with E-state index < -0.39 is 11.8 Å². The molecule has 1 aliphatic heterocycles. The zero-order chi connectivity index (χ0) is 29.1. The van der Waals surface area contributed by atoms with Gasteiger partial charge in [0.2, 0.25) is 0 Å². The summed E-state index contributed by atoms with van der Waals surface area (Å²) in [5.41, 5.74) is 2.33. The molecule has 0 saturated carbocycles. The minimum atomic E-state index is -0.836. The number of ketones is 1. The van der Waals surface area contributed by atoms with Crippen LogP contribution in [0.5, 0.6) is 17.2 Å². The molecule has 9 nitrogen and oxygen atoms in total. The minimum Gasteiger partial charge on any atom is -0.493 e. The van der Waals surface area contributed by atoms with Crippen LogP contribution in [0, 0.1) is 11.2 Å². The van der Waals surface area contributed by atoms with Gasteiger partial charge in [0.25, 0.3) is 0 Å². The first-order chi connectivity index (χ1) is 18.3. The van der Waals surface area contributed by atoms with Gasteiger partial charge in [-0.2, -0.15) is 0 Å². The number of nitrogens with one attached hydrogen (secondary N) is 1. The lowest BCUT2D eigenvalue weighted by molar-refractivity contribution is -0.137. The van der Waals surface area contributed by atoms with Crippen molar-refractivity contribution < 1.29 is 33.3 Å². The Morgan fingerprint density at radius 3 is 2.36 bits per heavy atom. The average molecular weight is 544 g/mol. The number of halogens is 1. The predicted molar refractivity (Wildman–Crippen MR) is 148 cm³/mol. The van der Waals surface area contributed by atoms with E-state index in [1.807, 2.05) is 45.8 Å². The summed E-state index contributed by atoms with van der Waals surface area (Å²) in [4.78, 5) is 27.8. The Kier molecular flexibility index (Phi) is 9.09. The average Bonchev–Trinajstić information content (AvgIpc) is 3.17. The van der Waals surface area contributed by atoms with Gasteiger partial charge < -0.3 is 29.1 Å². The Bertz CT molecular complexity index is 1270. The fourth-order valence-corrected chi connectivity index (χ4v) is 4.59. The smallest absolute Gasteiger partial charge is 0.303 e. The van der Waals surface area contributed by atoms with Crippen LogP contribution in [0.3, 0.4) is 0 Å². The maximum absolute atomic E-state index is 15.2. The topological polar surface area (TPSA) is 112 Å². The largest absolute Gasteiger partial charge is 0.493 e. The number of carboxylic acids is 1. The van der Waals surface area contributed by atoms with E-state index in [-0.39, 0.29) is 53.6 Å². The van der Waals surface area contributed by atoms with Crippen LogP contribution >= 0.6 is 0 Å². The van der Waals surface area contributed by atoms with Crippen molar-refractivity contribution in [3.05, 3.63) is 46.3 Å². The maximum atomic E-state index is 15.2. The van der Waals surface area contributed by atoms with Crippen LogP contribution in [0.4, 0.5) is 10.1 Å². The van der Waals surface area contributed by atoms with Crippen LogP contribution in [0.25, 0.3) is 0 Å². The molecular weight excluding hydrogens is 505 g/mol. The SMILES string of the molecule is COc1cc2c(c(F)c1OC)C(=N)N(CC(=O)c1cc(N(C)C)c(OCCCCC(=O)O)c(C(C)(C)C)c1)C2. The molecule has 0 spiro atoms. The van der Waals surface area contributed by atoms with Gasteiger partial charge in [0.15, 0.2) is 23.1 Å². The first kappa shape index (κ1) is 29.7. The molecule has 0 atom stereocenters. The quantitative estimate of drug-likeness (QED) is 0.288. The van der Waals surface area contributed by atoms with Crippen molar-refractivity contribution in [2.45, 2.75) is 52.0 Å². The second-order valence-corrected chi connectivity index (χ2v) is 10.8. The Morgan fingerprint density at radius 2 is 1.79 bits per heavy atom. The zero-order valence-corrected chi connectivity index (χ0v) is 23.7. The van der Waals surface area contributed by atoms with Crippen molar-refractivity contribution in [2.24, 2.45) is 0 Å². The number of carboxylic acid groups (broad SMARTS) is 1. The fourth-order valence-electron chi connectivity index (χ4n) is 4.59. The number of carbonyl (C=O) groups excluding carboxylic acids is 1. The van der Waals surface area contributed by atoms with Crippen LogP contribution < -0.4 is 19.1 Å². The molecule has 1 heterocycles. The van der Waals surface area contributed by atoms with Crippen molar-refractivity contribution >= 4 is 23.3 Å². The summed E-state index contributed by atoms with van der Waals surface area (Å²) in [6.45, 7) is 6.54. The standard InChI is InChI=1S/C29H38FN3O6/c1-29(2,3)19-12-17(13-20(32(4)5)26(19)39-11-9-8-10-23(35)36)21(34)16-33-15-18-14-22(37-6)27(38-7)25(30)24(18)28(33)31/h12-14,31H,8-11,15-16H2,1-7H3,(H,35,36). The van der Waals surface area contributed by atoms with Gasteiger partial charge in [-0.1, -0.05) is 20.8 Å². The third-order valence-electron chi connectivity index (χ3n) is 6.65. The molecule has 0 fully saturated rings. The number of hydrogen-bond acceptors (Lipinski definition) is 7. The molecular formula is C29H38FN3O6. The lowest BCUT2D eigenvalue weighted by Gasteiger charge is -2.28. The Hall–Kier alpha value is -3.82. The summed E-state index contributed by atoms with van der Waals surface area (Å²) in [5.74, 6) is -0.992. The van der Waals surface area contributed by atoms with Crippen LogP contribution in [-0.4, -0.2) is 69.1 Å². The summed E-state index contributed by atoms with van der Waals surface area (Å²) in [5, 5.41) is 17.5. The molecule has 10 heteroatoms. The molecule has 2 aromatic rings. The second-order valence-electron chi connectivity index (χ2n) is 10.8. The second kappa shape index (κ2) is 11.9. The number of hydrogen-bond donors (Lipinski definition) is 2. The van der Waals surface area contributed by atoms with Gasteiger partial charge in [0, 0.05) is 38.2 Å². The van der Waals surface area contributed by atoms with Gasteiger partial charge in [0.1, 0.15) is 11.6 Å². The van der Waals surface area contributed by atoms with Gasteiger partial charge in [-0.25, -0.2) is 4.39 Å². The number of unbranched alkanes of at least 4 members (excludes halogenated alkanes) is 1. The van der Waals surface area contributed by atoms with Crippen LogP contribution in [0.15, 0.2) is 18.2 Å². The molecule has 0 amide bonds. The fraction of sp³-hybridized carbons (Fsp3) is 0.483. The molecule has 0 aliphatic carbocycles. The van der Waals surface area contributed by atoms with Crippen molar-refractivity contribution in [1.29, 1.82) is 5.41 Å². The Morgan fingerprint density at radius 1 is 1.10 bits per heavy atom. The highest BCUT2D eigenvalue weighted by Crippen LogP contribution is 2.41. The van der Waals surface area contributed by atoms with Crippen molar-refractivity contribution in [2.75, 3.05) is 46.4 Å². The van der Waals surface area contributed by atoms with Crippen molar-refractivity contribution in [3.63, 3.8) is 0 Å². The number of amidine groups is 1. The normalized spacial score (nSPS) is 12.8. The van der Waals surface area contributed by atoms with Gasteiger partial charge in [-0.15, -0.1) is 0 Å². The van der Waals surface area contributed by atoms with Crippen molar-refractivity contribution in [1.82, 2.24) is 4.90 Å². The highest BCUT2D eigenvalue weighted by molar-refractivity contribution is 6.06. The van der Waals surface area contributed by atoms with E-state index in [0.717, 1.165) is 11.3 Å². The van der Waals surface area contributed by atoms with Crippen molar-refractivity contribution in [3.8, 4) is 17.2 Å². The monoisotopic (exact) mass is 543 g/mol. The molecule has 39 heavy (non-hydrogen) atoms. The number of methoxy groups -OCH3 is 2. The highest BCUT2D eigenvalue weighted by atomic mass is 19.1. The van der Waals surface area contributed by atoms with Crippen LogP contribution in [0.2, 0.25) is 0 Å². The maximum Gasteiger partial charge on any atom is 0.303 e. The summed E-state index contributed by atoms with van der Waals surface area (Å²) in [7, 11) is 6.49. The molecule has 3 rings (SSSR count). The minimum absolute atomic E-state index is 0.0711. The first-order valence-electron chi connectivity index (χ1n) is 12.8. The molecule has 0 saturated heterocycles. The van der Waals surface area contributed by atoms with Gasteiger partial charge in [-0.05, 0) is 42.0 Å². The number of nitrogens with zero attached hydrogens (tertiary/aromatic N) is 2. The molecule has 212 valence electrons. The zero-order valence-electron chi connectivity index (χ0n) is 23.7. The van der Waals surface area contributed by atoms with Gasteiger partial charge in [0.05, 0.1) is 38.6 Å². The van der Waals surface area contributed by atoms with E-state index >= 15 is 4.39 Å². The van der Waals surface area contributed by atoms with E-state index in [1.165, 1.54) is 19.1 Å². The number of Topliss-reactive ketones (excluding diaryl/α,β-unsaturated/α-hetero) is 1. The molecule has 0 aromatic heterocycles. The summed E-state index contributed by atoms with van der Waals surface area (Å²) in [6.07, 6.45) is 1.19. The van der Waals surface area contributed by atoms with E-state index in [2.05, 4.69) is 0 Å². The lowest BCUT2D eigenvalue weighted by Crippen LogP contribution is -2.31. The molecule has 0 unspecified atom stereocenters. The number of fused-ring (bicyclic) bond motifs is 1. The highest BCUT2D eigenvalue weighted by Gasteiger charge is 2.33. The molecule has 2 aromatic carbocycles. The predicted octanol–water partition coefficient (Wildman–Crippen LogP) is 4.86. The third-order valence-corrected chi connectivity index (χ3v) is 6.65. The molecule has 0 bridgehead atoms. The molecule has 2 N–H and O–H groups in total. The number of ether oxygens (including phenoxy) is 3. The van der Waals surface area contributed by atoms with E-state index in [1.54, 1.807) is 12.1 Å². The summed E-state index contributed by atoms with van der Waals surface area (Å²) < 4.78 is 31.7. The molecule has 1 aliphatic rings. The number of aliphatic carboxylic acids is 1. The molecule has 0 radical (unpaired) electrons. The first-order valence-corrected chi connectivity index (χ1v) is 12.8. The number of anilines is 1. The Balaban J connectivity index is 1.90. The third kappa shape index (κ3) is 6.43. The summed E-state index contributed by atoms with van der Waals surface area (Å²) in [6, 6.07) is 5.23. The van der Waals surface area contributed by atoms with E-state index in [4.69, 9.17) is 24.7 Å². The van der Waals surface area contributed by atoms with E-state index in [9.17, 15) is 9.59 Å². The van der Waals surface area contributed by atoms with Gasteiger partial charge in [-0.3, -0.25) is 15.0 Å². The van der Waals surface area contributed by atoms with E-state index in [0.29, 0.717) is 36.3 Å².